The van der Waals surface area contributed by atoms with E-state index in [1.807, 2.05) is 0 Å². The van der Waals surface area contributed by atoms with Crippen LogP contribution in [0, 0.1) is 0 Å². The Morgan fingerprint density at radius 1 is 1.10 bits per heavy atom. The first-order chi connectivity index (χ1) is 9.65. The number of hydrogen-bond donors (Lipinski definition) is 1. The van der Waals surface area contributed by atoms with Gasteiger partial charge in [0.1, 0.15) is 0 Å². The molecule has 0 aliphatic rings. The number of nitrogens with zero attached hydrogens (tertiary/aromatic N) is 1. The fraction of sp³-hybridized carbons (Fsp3) is 0.467. The van der Waals surface area contributed by atoms with Crippen molar-refractivity contribution in [2.45, 2.75) is 39.0 Å². The van der Waals surface area contributed by atoms with Crippen molar-refractivity contribution >= 4 is 12.1 Å². The van der Waals surface area contributed by atoms with Gasteiger partial charge < -0.3 is 9.94 Å². The van der Waals surface area contributed by atoms with Crippen LogP contribution in [0.1, 0.15) is 49.4 Å². The number of carboxylic acid groups (broad SMARTS) is 1. The lowest BCUT2D eigenvalue weighted by molar-refractivity contribution is -0.0876. The molecule has 0 unspecified atom stereocenters. The van der Waals surface area contributed by atoms with Crippen LogP contribution in [-0.4, -0.2) is 28.8 Å². The first kappa shape index (κ1) is 16.0. The fourth-order valence-corrected chi connectivity index (χ4v) is 1.77. The molecule has 0 heterocycles. The van der Waals surface area contributed by atoms with Crippen LogP contribution in [0.15, 0.2) is 30.3 Å². The first-order valence-corrected chi connectivity index (χ1v) is 6.93. The SMILES string of the molecule is CCCCCCCN(OC(=O)c1ccccc1)C(=O)O. The van der Waals surface area contributed by atoms with Gasteiger partial charge in [-0.3, -0.25) is 0 Å². The predicted molar refractivity (Wildman–Crippen MR) is 75.3 cm³/mol. The molecular weight excluding hydrogens is 258 g/mol. The molecule has 0 aromatic heterocycles. The summed E-state index contributed by atoms with van der Waals surface area (Å²) in [6.45, 7) is 2.32. The smallest absolute Gasteiger partial charge is 0.440 e. The van der Waals surface area contributed by atoms with Crippen molar-refractivity contribution in [3.05, 3.63) is 35.9 Å². The van der Waals surface area contributed by atoms with E-state index in [4.69, 9.17) is 9.94 Å². The maximum atomic E-state index is 11.8. The third-order valence-electron chi connectivity index (χ3n) is 2.88. The van der Waals surface area contributed by atoms with Crippen molar-refractivity contribution in [1.29, 1.82) is 0 Å². The minimum Gasteiger partial charge on any atom is -0.463 e. The maximum absolute atomic E-state index is 11.8. The molecule has 0 fully saturated rings. The van der Waals surface area contributed by atoms with Gasteiger partial charge in [0.15, 0.2) is 0 Å². The summed E-state index contributed by atoms with van der Waals surface area (Å²) in [5.41, 5.74) is 0.338. The van der Waals surface area contributed by atoms with Gasteiger partial charge in [-0.05, 0) is 18.6 Å². The molecule has 0 radical (unpaired) electrons. The molecule has 110 valence electrons. The van der Waals surface area contributed by atoms with Crippen molar-refractivity contribution in [3.8, 4) is 0 Å². The van der Waals surface area contributed by atoms with Gasteiger partial charge in [0.25, 0.3) is 0 Å². The molecule has 0 saturated heterocycles. The topological polar surface area (TPSA) is 66.8 Å². The summed E-state index contributed by atoms with van der Waals surface area (Å²) < 4.78 is 0. The van der Waals surface area contributed by atoms with E-state index < -0.39 is 12.1 Å². The van der Waals surface area contributed by atoms with Crippen LogP contribution in [0.5, 0.6) is 0 Å². The minimum atomic E-state index is -1.25. The van der Waals surface area contributed by atoms with Crippen LogP contribution in [0.3, 0.4) is 0 Å². The molecule has 0 saturated carbocycles. The van der Waals surface area contributed by atoms with E-state index in [2.05, 4.69) is 6.92 Å². The average Bonchev–Trinajstić information content (AvgIpc) is 2.46. The van der Waals surface area contributed by atoms with Crippen LogP contribution in [0.25, 0.3) is 0 Å². The lowest BCUT2D eigenvalue weighted by Crippen LogP contribution is -2.33. The van der Waals surface area contributed by atoms with Gasteiger partial charge in [-0.25, -0.2) is 9.59 Å². The van der Waals surface area contributed by atoms with E-state index in [0.29, 0.717) is 17.0 Å². The molecular formula is C15H21NO4. The van der Waals surface area contributed by atoms with E-state index in [1.54, 1.807) is 30.3 Å². The number of unbranched alkanes of at least 4 members (excludes halogenated alkanes) is 4. The van der Waals surface area contributed by atoms with E-state index in [9.17, 15) is 9.59 Å². The number of rotatable bonds is 7. The highest BCUT2D eigenvalue weighted by Crippen LogP contribution is 2.07. The number of hydroxylamine groups is 2. The Labute approximate surface area is 119 Å². The quantitative estimate of drug-likeness (QED) is 0.610. The van der Waals surface area contributed by atoms with Crippen molar-refractivity contribution in [3.63, 3.8) is 0 Å². The zero-order chi connectivity index (χ0) is 14.8. The van der Waals surface area contributed by atoms with E-state index >= 15 is 0 Å². The van der Waals surface area contributed by atoms with Gasteiger partial charge in [-0.15, -0.1) is 5.06 Å². The molecule has 5 nitrogen and oxygen atoms in total. The Balaban J connectivity index is 2.43. The third kappa shape index (κ3) is 5.73. The normalized spacial score (nSPS) is 10.1. The van der Waals surface area contributed by atoms with Gasteiger partial charge in [0, 0.05) is 0 Å². The zero-order valence-electron chi connectivity index (χ0n) is 11.7. The zero-order valence-corrected chi connectivity index (χ0v) is 11.7. The number of benzene rings is 1. The van der Waals surface area contributed by atoms with Gasteiger partial charge in [-0.1, -0.05) is 50.8 Å². The Morgan fingerprint density at radius 3 is 2.35 bits per heavy atom. The Hall–Kier alpha value is -2.04. The second kappa shape index (κ2) is 8.96. The van der Waals surface area contributed by atoms with Crippen LogP contribution in [0.2, 0.25) is 0 Å². The van der Waals surface area contributed by atoms with E-state index in [-0.39, 0.29) is 6.54 Å². The van der Waals surface area contributed by atoms with Gasteiger partial charge in [0.2, 0.25) is 0 Å². The molecule has 20 heavy (non-hydrogen) atoms. The molecule has 0 aliphatic heterocycles. The molecule has 1 aromatic rings. The highest BCUT2D eigenvalue weighted by atomic mass is 16.7. The minimum absolute atomic E-state index is 0.206. The Bertz CT molecular complexity index is 419. The van der Waals surface area contributed by atoms with Crippen molar-refractivity contribution in [1.82, 2.24) is 5.06 Å². The summed E-state index contributed by atoms with van der Waals surface area (Å²) in [6, 6.07) is 8.35. The summed E-state index contributed by atoms with van der Waals surface area (Å²) in [5.74, 6) is -0.651. The third-order valence-corrected chi connectivity index (χ3v) is 2.88. The molecule has 1 rings (SSSR count). The number of hydrogen-bond acceptors (Lipinski definition) is 3. The monoisotopic (exact) mass is 279 g/mol. The summed E-state index contributed by atoms with van der Waals surface area (Å²) in [6.07, 6.45) is 3.71. The van der Waals surface area contributed by atoms with E-state index in [0.717, 1.165) is 25.7 Å². The maximum Gasteiger partial charge on any atom is 0.440 e. The summed E-state index contributed by atoms with van der Waals surface area (Å²) in [4.78, 5) is 27.7. The van der Waals surface area contributed by atoms with Crippen LogP contribution in [0.4, 0.5) is 4.79 Å². The lowest BCUT2D eigenvalue weighted by atomic mass is 10.1. The van der Waals surface area contributed by atoms with Crippen molar-refractivity contribution < 1.29 is 19.5 Å². The Kier molecular flexibility index (Phi) is 7.17. The number of carbonyl (C=O) groups is 2. The molecule has 1 amide bonds. The van der Waals surface area contributed by atoms with Gasteiger partial charge in [0.05, 0.1) is 12.1 Å². The summed E-state index contributed by atoms with van der Waals surface area (Å²) in [7, 11) is 0. The molecule has 1 aromatic carbocycles. The molecule has 0 atom stereocenters. The number of amides is 1. The molecule has 0 aliphatic carbocycles. The molecule has 5 heteroatoms. The standard InChI is InChI=1S/C15H21NO4/c1-2-3-4-5-9-12-16(15(18)19)20-14(17)13-10-7-6-8-11-13/h6-8,10-11H,2-5,9,12H2,1H3,(H,18,19). The molecule has 0 bridgehead atoms. The molecule has 1 N–H and O–H groups in total. The largest absolute Gasteiger partial charge is 0.463 e. The second-order valence-electron chi connectivity index (χ2n) is 4.54. The lowest BCUT2D eigenvalue weighted by Gasteiger charge is -2.17. The number of carbonyl (C=O) groups excluding carboxylic acids is 1. The predicted octanol–water partition coefficient (Wildman–Crippen LogP) is 3.71. The highest BCUT2D eigenvalue weighted by Gasteiger charge is 2.18. The van der Waals surface area contributed by atoms with Crippen molar-refractivity contribution in [2.75, 3.05) is 6.54 Å². The van der Waals surface area contributed by atoms with Crippen LogP contribution < -0.4 is 0 Å². The van der Waals surface area contributed by atoms with Crippen LogP contribution >= 0.6 is 0 Å². The second-order valence-corrected chi connectivity index (χ2v) is 4.54. The highest BCUT2D eigenvalue weighted by molar-refractivity contribution is 5.89. The first-order valence-electron chi connectivity index (χ1n) is 6.93. The fourth-order valence-electron chi connectivity index (χ4n) is 1.77. The van der Waals surface area contributed by atoms with E-state index in [1.165, 1.54) is 0 Å². The van der Waals surface area contributed by atoms with Gasteiger partial charge in [-0.2, -0.15) is 0 Å². The van der Waals surface area contributed by atoms with Gasteiger partial charge >= 0.3 is 12.1 Å². The molecule has 0 spiro atoms. The average molecular weight is 279 g/mol. The summed E-state index contributed by atoms with van der Waals surface area (Å²) in [5, 5.41) is 9.73. The van der Waals surface area contributed by atoms with Crippen LogP contribution in [-0.2, 0) is 4.84 Å². The van der Waals surface area contributed by atoms with Crippen molar-refractivity contribution in [2.24, 2.45) is 0 Å². The summed E-state index contributed by atoms with van der Waals surface area (Å²) >= 11 is 0. The Morgan fingerprint density at radius 2 is 1.75 bits per heavy atom.